The minimum absolute atomic E-state index is 0.0991. The Labute approximate surface area is 185 Å². The molecule has 1 nitrogen and oxygen atoms in total. The first kappa shape index (κ1) is 20.1. The molecule has 0 saturated heterocycles. The van der Waals surface area contributed by atoms with Crippen LogP contribution in [0.5, 0.6) is 0 Å². The highest BCUT2D eigenvalue weighted by atomic mass is 127. The number of hydrogen-bond donors (Lipinski definition) is 1. The summed E-state index contributed by atoms with van der Waals surface area (Å²) in [7, 11) is 0. The first-order chi connectivity index (χ1) is 13.5. The number of halogens is 2. The fraction of sp³-hybridized carbons (Fsp3) is 0.231. The van der Waals surface area contributed by atoms with Crippen LogP contribution in [0, 0.1) is 12.3 Å². The van der Waals surface area contributed by atoms with Gasteiger partial charge in [0.1, 0.15) is 0 Å². The van der Waals surface area contributed by atoms with Crippen LogP contribution in [0.1, 0.15) is 43.0 Å². The van der Waals surface area contributed by atoms with Gasteiger partial charge in [-0.15, -0.1) is 0 Å². The molecule has 0 aliphatic heterocycles. The van der Waals surface area contributed by atoms with E-state index in [0.717, 1.165) is 20.3 Å². The predicted molar refractivity (Wildman–Crippen MR) is 130 cm³/mol. The monoisotopic (exact) mass is 497 g/mol. The van der Waals surface area contributed by atoms with E-state index in [4.69, 9.17) is 5.73 Å². The molecule has 2 aliphatic carbocycles. The van der Waals surface area contributed by atoms with Crippen molar-refractivity contribution in [1.82, 2.24) is 0 Å². The number of fused-ring (bicyclic) bond motifs is 2. The average molecular weight is 497 g/mol. The molecular formula is C26H25FIN. The van der Waals surface area contributed by atoms with Crippen molar-refractivity contribution >= 4 is 46.4 Å². The molecule has 148 valence electrons. The van der Waals surface area contributed by atoms with Crippen LogP contribution >= 0.6 is 22.6 Å². The first-order valence-electron chi connectivity index (χ1n) is 9.78. The molecule has 0 amide bonds. The molecule has 1 unspecified atom stereocenters. The normalized spacial score (nSPS) is 22.5. The molecule has 29 heavy (non-hydrogen) atoms. The third-order valence-corrected chi connectivity index (χ3v) is 6.44. The molecule has 1 atom stereocenters. The van der Waals surface area contributed by atoms with Gasteiger partial charge in [-0.3, -0.25) is 0 Å². The number of allylic oxidation sites excluding steroid dienone is 4. The Bertz CT molecular complexity index is 1230. The summed E-state index contributed by atoms with van der Waals surface area (Å²) in [6.45, 7) is 8.13. The van der Waals surface area contributed by atoms with Crippen molar-refractivity contribution in [3.8, 4) is 0 Å². The van der Waals surface area contributed by atoms with Crippen LogP contribution in [0.3, 0.4) is 0 Å². The van der Waals surface area contributed by atoms with Crippen molar-refractivity contribution in [3.63, 3.8) is 0 Å². The van der Waals surface area contributed by atoms with E-state index in [1.165, 1.54) is 16.0 Å². The molecule has 3 heteroatoms. The molecule has 0 heterocycles. The highest BCUT2D eigenvalue weighted by Crippen LogP contribution is 2.39. The highest BCUT2D eigenvalue weighted by molar-refractivity contribution is 14.1. The zero-order valence-corrected chi connectivity index (χ0v) is 19.3. The van der Waals surface area contributed by atoms with E-state index in [2.05, 4.69) is 85.9 Å². The van der Waals surface area contributed by atoms with Gasteiger partial charge in [0.2, 0.25) is 0 Å². The van der Waals surface area contributed by atoms with E-state index in [0.29, 0.717) is 11.3 Å². The third-order valence-electron chi connectivity index (χ3n) is 5.50. The van der Waals surface area contributed by atoms with Crippen molar-refractivity contribution in [2.24, 2.45) is 11.1 Å². The predicted octanol–water partition coefficient (Wildman–Crippen LogP) is 5.50. The zero-order valence-electron chi connectivity index (χ0n) is 17.2. The second kappa shape index (κ2) is 6.98. The van der Waals surface area contributed by atoms with E-state index in [-0.39, 0.29) is 5.41 Å². The van der Waals surface area contributed by atoms with E-state index in [1.54, 1.807) is 13.0 Å². The molecule has 2 aromatic rings. The maximum atomic E-state index is 15.3. The Hall–Kier alpha value is -2.14. The molecule has 0 radical (unpaired) electrons. The minimum atomic E-state index is -1.55. The van der Waals surface area contributed by atoms with Gasteiger partial charge in [0, 0.05) is 20.3 Å². The van der Waals surface area contributed by atoms with Crippen molar-refractivity contribution in [1.29, 1.82) is 0 Å². The summed E-state index contributed by atoms with van der Waals surface area (Å²) in [6, 6.07) is 12.5. The van der Waals surface area contributed by atoms with Gasteiger partial charge in [-0.2, -0.15) is 0 Å². The third kappa shape index (κ3) is 3.97. The second-order valence-corrected chi connectivity index (χ2v) is 9.97. The number of rotatable bonds is 1. The number of nitrogens with two attached hydrogens (primary N) is 1. The Morgan fingerprint density at radius 2 is 1.66 bits per heavy atom. The number of benzene rings is 2. The number of hydrogen-bond acceptors (Lipinski definition) is 1. The fourth-order valence-corrected chi connectivity index (χ4v) is 4.85. The van der Waals surface area contributed by atoms with Gasteiger partial charge < -0.3 is 5.73 Å². The quantitative estimate of drug-likeness (QED) is 0.518. The summed E-state index contributed by atoms with van der Waals surface area (Å²) in [5.41, 5.74) is 10.1. The average Bonchev–Trinajstić information content (AvgIpc) is 2.79. The molecule has 0 saturated carbocycles. The van der Waals surface area contributed by atoms with Crippen LogP contribution in [-0.2, 0) is 5.67 Å². The zero-order chi connectivity index (χ0) is 21.0. The molecule has 2 aliphatic rings. The van der Waals surface area contributed by atoms with Gasteiger partial charge in [-0.25, -0.2) is 4.39 Å². The lowest BCUT2D eigenvalue weighted by Gasteiger charge is -2.20. The number of alkyl halides is 1. The lowest BCUT2D eigenvalue weighted by atomic mass is 9.87. The summed E-state index contributed by atoms with van der Waals surface area (Å²) >= 11 is 2.10. The van der Waals surface area contributed by atoms with Gasteiger partial charge in [0.05, 0.1) is 0 Å². The summed E-state index contributed by atoms with van der Waals surface area (Å²) in [6.07, 6.45) is 10.3. The lowest BCUT2D eigenvalue weighted by molar-refractivity contribution is 0.263. The van der Waals surface area contributed by atoms with E-state index >= 15 is 4.39 Å². The maximum absolute atomic E-state index is 15.3. The van der Waals surface area contributed by atoms with Crippen LogP contribution in [0.2, 0.25) is 0 Å². The number of aryl methyl sites for hydroxylation is 1. The smallest absolute Gasteiger partial charge is 0.153 e. The molecule has 2 N–H and O–H groups in total. The first-order valence-corrected chi connectivity index (χ1v) is 10.9. The largest absolute Gasteiger partial charge is 0.398 e. The highest BCUT2D eigenvalue weighted by Gasteiger charge is 2.29. The molecule has 0 spiro atoms. The van der Waals surface area contributed by atoms with Crippen LogP contribution in [-0.4, -0.2) is 0 Å². The van der Waals surface area contributed by atoms with Gasteiger partial charge in [-0.05, 0) is 87.9 Å². The van der Waals surface area contributed by atoms with Crippen molar-refractivity contribution < 1.29 is 4.39 Å². The van der Waals surface area contributed by atoms with Crippen molar-refractivity contribution in [3.05, 3.63) is 90.5 Å². The summed E-state index contributed by atoms with van der Waals surface area (Å²) in [5.74, 6) is 0. The van der Waals surface area contributed by atoms with E-state index < -0.39 is 5.67 Å². The van der Waals surface area contributed by atoms with E-state index in [1.807, 2.05) is 18.2 Å². The lowest BCUT2D eigenvalue weighted by Crippen LogP contribution is -2.25. The Kier molecular flexibility index (Phi) is 4.85. The topological polar surface area (TPSA) is 26.0 Å². The van der Waals surface area contributed by atoms with Gasteiger partial charge >= 0.3 is 0 Å². The molecule has 0 aromatic heterocycles. The summed E-state index contributed by atoms with van der Waals surface area (Å²) in [4.78, 5) is 0. The standard InChI is InChI=1S/C26H25FIN/c1-16-5-6-17-11-21(14-25(2,3)13-20(17)9-16)18-7-8-22-19(10-18)12-24(29)23(28)15-26(22,4)27/h5-15H,29H2,1-4H3. The maximum Gasteiger partial charge on any atom is 0.153 e. The molecule has 4 rings (SSSR count). The Balaban J connectivity index is 1.92. The second-order valence-electron chi connectivity index (χ2n) is 8.81. The molecule has 0 bridgehead atoms. The minimum Gasteiger partial charge on any atom is -0.398 e. The summed E-state index contributed by atoms with van der Waals surface area (Å²) in [5, 5.41) is 2.44. The SMILES string of the molecule is Cc1ccc2c(c1)=CC(C)(C)C=C(c1ccc3c(c1)C=C(N)C(I)=CC3(C)F)C=2. The van der Waals surface area contributed by atoms with Gasteiger partial charge in [-0.1, -0.05) is 61.9 Å². The van der Waals surface area contributed by atoms with Gasteiger partial charge in [0.25, 0.3) is 0 Å². The van der Waals surface area contributed by atoms with Crippen LogP contribution < -0.4 is 16.2 Å². The summed E-state index contributed by atoms with van der Waals surface area (Å²) < 4.78 is 16.1. The van der Waals surface area contributed by atoms with E-state index in [9.17, 15) is 0 Å². The Morgan fingerprint density at radius 1 is 0.897 bits per heavy atom. The van der Waals surface area contributed by atoms with Crippen LogP contribution in [0.15, 0.2) is 57.8 Å². The van der Waals surface area contributed by atoms with Crippen molar-refractivity contribution in [2.45, 2.75) is 33.4 Å². The van der Waals surface area contributed by atoms with Crippen LogP contribution in [0.4, 0.5) is 4.39 Å². The fourth-order valence-electron chi connectivity index (χ4n) is 4.11. The van der Waals surface area contributed by atoms with Gasteiger partial charge in [0.15, 0.2) is 5.67 Å². The molecule has 0 fully saturated rings. The molecular weight excluding hydrogens is 472 g/mol. The van der Waals surface area contributed by atoms with Crippen LogP contribution in [0.25, 0.3) is 23.8 Å². The molecule has 2 aromatic carbocycles. The van der Waals surface area contributed by atoms with Crippen molar-refractivity contribution in [2.75, 3.05) is 0 Å². The Morgan fingerprint density at radius 3 is 2.41 bits per heavy atom.